The number of ether oxygens (including phenoxy) is 2. The van der Waals surface area contributed by atoms with Gasteiger partial charge in [-0.2, -0.15) is 0 Å². The molecule has 6 nitrogen and oxygen atoms in total. The minimum absolute atomic E-state index is 0.260. The lowest BCUT2D eigenvalue weighted by molar-refractivity contribution is -0.0346. The number of hydrogen-bond acceptors (Lipinski definition) is 5. The number of rotatable bonds is 8. The maximum atomic E-state index is 5.85. The molecule has 20 heavy (non-hydrogen) atoms. The number of hydrogen-bond donors (Lipinski definition) is 1. The van der Waals surface area contributed by atoms with Crippen LogP contribution < -0.4 is 5.32 Å². The van der Waals surface area contributed by atoms with E-state index in [1.165, 1.54) is 0 Å². The monoisotopic (exact) mass is 282 g/mol. The molecule has 0 amide bonds. The Morgan fingerprint density at radius 3 is 3.25 bits per heavy atom. The third-order valence-corrected chi connectivity index (χ3v) is 3.64. The van der Waals surface area contributed by atoms with Crippen molar-refractivity contribution in [2.45, 2.75) is 26.1 Å². The predicted molar refractivity (Wildman–Crippen MR) is 77.7 cm³/mol. The average molecular weight is 282 g/mol. The molecule has 1 saturated heterocycles. The molecule has 1 aromatic heterocycles. The Kier molecular flexibility index (Phi) is 6.46. The first kappa shape index (κ1) is 15.4. The summed E-state index contributed by atoms with van der Waals surface area (Å²) in [5.74, 6) is 1.05. The summed E-state index contributed by atoms with van der Waals surface area (Å²) < 4.78 is 13.1. The molecule has 1 atom stereocenters. The molecule has 0 radical (unpaired) electrons. The minimum atomic E-state index is 0.260. The first-order valence-corrected chi connectivity index (χ1v) is 7.37. The highest BCUT2D eigenvalue weighted by Crippen LogP contribution is 2.09. The van der Waals surface area contributed by atoms with Crippen molar-refractivity contribution in [3.05, 3.63) is 18.2 Å². The Hall–Kier alpha value is -0.950. The lowest BCUT2D eigenvalue weighted by atomic mass is 10.2. The second-order valence-corrected chi connectivity index (χ2v) is 5.05. The van der Waals surface area contributed by atoms with Crippen molar-refractivity contribution in [2.24, 2.45) is 0 Å². The molecule has 0 spiro atoms. The number of nitrogens with zero attached hydrogens (tertiary/aromatic N) is 3. The van der Waals surface area contributed by atoms with Crippen molar-refractivity contribution in [3.63, 3.8) is 0 Å². The first-order valence-electron chi connectivity index (χ1n) is 7.37. The molecule has 1 fully saturated rings. The largest absolute Gasteiger partial charge is 0.383 e. The van der Waals surface area contributed by atoms with E-state index in [0.717, 1.165) is 58.3 Å². The van der Waals surface area contributed by atoms with Gasteiger partial charge in [-0.25, -0.2) is 4.98 Å². The first-order chi connectivity index (χ1) is 9.83. The molecule has 1 unspecified atom stereocenters. The van der Waals surface area contributed by atoms with Gasteiger partial charge < -0.3 is 19.4 Å². The molecule has 1 N–H and O–H groups in total. The zero-order valence-corrected chi connectivity index (χ0v) is 12.5. The summed E-state index contributed by atoms with van der Waals surface area (Å²) in [7, 11) is 1.71. The SMILES string of the molecule is CCN1CCOC(Cn2ccnc2CNCCOC)C1. The fraction of sp³-hybridized carbons (Fsp3) is 0.786. The van der Waals surface area contributed by atoms with Crippen LogP contribution in [0.4, 0.5) is 0 Å². The van der Waals surface area contributed by atoms with E-state index in [4.69, 9.17) is 9.47 Å². The van der Waals surface area contributed by atoms with Crippen molar-refractivity contribution < 1.29 is 9.47 Å². The van der Waals surface area contributed by atoms with Crippen LogP contribution in [0.2, 0.25) is 0 Å². The quantitative estimate of drug-likeness (QED) is 0.697. The highest BCUT2D eigenvalue weighted by atomic mass is 16.5. The molecule has 2 rings (SSSR count). The van der Waals surface area contributed by atoms with Crippen LogP contribution in [0.1, 0.15) is 12.7 Å². The molecule has 1 aliphatic heterocycles. The zero-order chi connectivity index (χ0) is 14.2. The van der Waals surface area contributed by atoms with Crippen LogP contribution in [0.25, 0.3) is 0 Å². The molecule has 0 saturated carbocycles. The minimum Gasteiger partial charge on any atom is -0.383 e. The van der Waals surface area contributed by atoms with Gasteiger partial charge in [0.15, 0.2) is 0 Å². The number of imidazole rings is 1. The predicted octanol–water partition coefficient (Wildman–Crippen LogP) is 0.340. The highest BCUT2D eigenvalue weighted by molar-refractivity contribution is 4.93. The van der Waals surface area contributed by atoms with Crippen LogP contribution in [0.15, 0.2) is 12.4 Å². The molecule has 0 bridgehead atoms. The topological polar surface area (TPSA) is 51.5 Å². The van der Waals surface area contributed by atoms with Gasteiger partial charge in [0.1, 0.15) is 5.82 Å². The van der Waals surface area contributed by atoms with Crippen LogP contribution in [-0.4, -0.2) is 67.1 Å². The molecule has 1 aliphatic rings. The van der Waals surface area contributed by atoms with Gasteiger partial charge in [-0.15, -0.1) is 0 Å². The van der Waals surface area contributed by atoms with E-state index in [0.29, 0.717) is 0 Å². The molecular formula is C14H26N4O2. The maximum Gasteiger partial charge on any atom is 0.122 e. The van der Waals surface area contributed by atoms with E-state index in [9.17, 15) is 0 Å². The van der Waals surface area contributed by atoms with E-state index in [2.05, 4.69) is 26.7 Å². The van der Waals surface area contributed by atoms with E-state index in [1.807, 2.05) is 12.4 Å². The second kappa shape index (κ2) is 8.36. The molecule has 1 aromatic rings. The fourth-order valence-electron chi connectivity index (χ4n) is 2.45. The zero-order valence-electron chi connectivity index (χ0n) is 12.5. The van der Waals surface area contributed by atoms with Crippen LogP contribution in [0.3, 0.4) is 0 Å². The van der Waals surface area contributed by atoms with Gasteiger partial charge in [-0.1, -0.05) is 6.92 Å². The Labute approximate surface area is 121 Å². The average Bonchev–Trinajstić information content (AvgIpc) is 2.91. The van der Waals surface area contributed by atoms with Crippen LogP contribution >= 0.6 is 0 Å². The normalized spacial score (nSPS) is 20.4. The maximum absolute atomic E-state index is 5.85. The molecule has 114 valence electrons. The molecule has 0 aliphatic carbocycles. The van der Waals surface area contributed by atoms with Crippen LogP contribution in [0, 0.1) is 0 Å². The van der Waals surface area contributed by atoms with Crippen LogP contribution in [-0.2, 0) is 22.6 Å². The molecule has 6 heteroatoms. The van der Waals surface area contributed by atoms with Gasteiger partial charge in [0.2, 0.25) is 0 Å². The summed E-state index contributed by atoms with van der Waals surface area (Å²) in [4.78, 5) is 6.84. The molecule has 2 heterocycles. The van der Waals surface area contributed by atoms with Gasteiger partial charge >= 0.3 is 0 Å². The summed E-state index contributed by atoms with van der Waals surface area (Å²) >= 11 is 0. The van der Waals surface area contributed by atoms with Crippen molar-refractivity contribution in [3.8, 4) is 0 Å². The van der Waals surface area contributed by atoms with Gasteiger partial charge in [0.25, 0.3) is 0 Å². The second-order valence-electron chi connectivity index (χ2n) is 5.05. The number of likely N-dealkylation sites (N-methyl/N-ethyl adjacent to an activating group) is 1. The summed E-state index contributed by atoms with van der Waals surface area (Å²) in [6.07, 6.45) is 4.14. The Morgan fingerprint density at radius 1 is 1.55 bits per heavy atom. The lowest BCUT2D eigenvalue weighted by Crippen LogP contribution is -2.44. The van der Waals surface area contributed by atoms with Crippen molar-refractivity contribution in [2.75, 3.05) is 46.5 Å². The van der Waals surface area contributed by atoms with Crippen molar-refractivity contribution >= 4 is 0 Å². The lowest BCUT2D eigenvalue weighted by Gasteiger charge is -2.32. The number of aromatic nitrogens is 2. The Balaban J connectivity index is 1.81. The van der Waals surface area contributed by atoms with Gasteiger partial charge in [0, 0.05) is 39.1 Å². The Bertz CT molecular complexity index is 383. The highest BCUT2D eigenvalue weighted by Gasteiger charge is 2.20. The number of morpholine rings is 1. The van der Waals surface area contributed by atoms with Crippen molar-refractivity contribution in [1.82, 2.24) is 19.8 Å². The fourth-order valence-corrected chi connectivity index (χ4v) is 2.45. The van der Waals surface area contributed by atoms with Gasteiger partial charge in [-0.3, -0.25) is 4.90 Å². The molecule has 0 aromatic carbocycles. The van der Waals surface area contributed by atoms with Crippen molar-refractivity contribution in [1.29, 1.82) is 0 Å². The van der Waals surface area contributed by atoms with E-state index < -0.39 is 0 Å². The van der Waals surface area contributed by atoms with Gasteiger partial charge in [-0.05, 0) is 6.54 Å². The summed E-state index contributed by atoms with van der Waals surface area (Å²) in [6, 6.07) is 0. The van der Waals surface area contributed by atoms with E-state index in [-0.39, 0.29) is 6.10 Å². The number of nitrogens with one attached hydrogen (secondary N) is 1. The third kappa shape index (κ3) is 4.56. The number of methoxy groups -OCH3 is 1. The van der Waals surface area contributed by atoms with Crippen LogP contribution in [0.5, 0.6) is 0 Å². The Morgan fingerprint density at radius 2 is 2.45 bits per heavy atom. The third-order valence-electron chi connectivity index (χ3n) is 3.64. The summed E-state index contributed by atoms with van der Waals surface area (Å²) in [5, 5.41) is 3.33. The summed E-state index contributed by atoms with van der Waals surface area (Å²) in [5.41, 5.74) is 0. The van der Waals surface area contributed by atoms with Gasteiger partial charge in [0.05, 0.1) is 32.4 Å². The summed E-state index contributed by atoms with van der Waals surface area (Å²) in [6.45, 7) is 9.37. The smallest absolute Gasteiger partial charge is 0.122 e. The molecular weight excluding hydrogens is 256 g/mol. The van der Waals surface area contributed by atoms with E-state index >= 15 is 0 Å². The van der Waals surface area contributed by atoms with E-state index in [1.54, 1.807) is 7.11 Å². The standard InChI is InChI=1S/C14H26N4O2/c1-3-17-7-9-20-13(11-17)12-18-6-4-16-14(18)10-15-5-8-19-2/h4,6,13,15H,3,5,7-12H2,1-2H3.